The third-order valence-corrected chi connectivity index (χ3v) is 8.76. The van der Waals surface area contributed by atoms with Crippen molar-refractivity contribution in [3.63, 3.8) is 0 Å². The van der Waals surface area contributed by atoms with E-state index in [1.54, 1.807) is 16.2 Å². The quantitative estimate of drug-likeness (QED) is 0.200. The highest BCUT2D eigenvalue weighted by Gasteiger charge is 2.14. The van der Waals surface area contributed by atoms with Gasteiger partial charge < -0.3 is 0 Å². The Hall–Kier alpha value is -6.07. The Morgan fingerprint density at radius 3 is 1.63 bits per heavy atom. The molecule has 0 aliphatic carbocycles. The lowest BCUT2D eigenvalue weighted by Crippen LogP contribution is -2.19. The van der Waals surface area contributed by atoms with Gasteiger partial charge in [-0.25, -0.2) is 14.8 Å². The predicted octanol–water partition coefficient (Wildman–Crippen LogP) is 9.16. The third kappa shape index (κ3) is 4.88. The normalized spacial score (nSPS) is 11.3. The molecule has 0 atom stereocenters. The van der Waals surface area contributed by atoms with Crippen molar-refractivity contribution in [3.8, 4) is 56.2 Å². The SMILES string of the molecule is Cn1c(=O)n(C)c2cc(-c3cccc(-c4cc(-c5cccc(-c6ccc7ccccc7c6)c5)nc(-c5ccccc5)n4)c3)ccc21. The molecule has 0 spiro atoms. The highest BCUT2D eigenvalue weighted by atomic mass is 16.1. The van der Waals surface area contributed by atoms with E-state index in [9.17, 15) is 4.79 Å². The van der Waals surface area contributed by atoms with E-state index >= 15 is 0 Å². The fraction of sp³-hybridized carbons (Fsp3) is 0.0488. The van der Waals surface area contributed by atoms with Crippen molar-refractivity contribution in [1.82, 2.24) is 19.1 Å². The number of imidazole rings is 1. The van der Waals surface area contributed by atoms with Gasteiger partial charge in [-0.3, -0.25) is 9.13 Å². The average molecular weight is 595 g/mol. The van der Waals surface area contributed by atoms with Crippen LogP contribution in [-0.4, -0.2) is 19.1 Å². The van der Waals surface area contributed by atoms with E-state index in [1.165, 1.54) is 16.3 Å². The summed E-state index contributed by atoms with van der Waals surface area (Å²) in [6, 6.07) is 50.4. The molecule has 6 aromatic carbocycles. The van der Waals surface area contributed by atoms with Gasteiger partial charge >= 0.3 is 5.69 Å². The van der Waals surface area contributed by atoms with E-state index in [1.807, 2.05) is 43.4 Å². The number of aryl methyl sites for hydroxylation is 2. The number of rotatable bonds is 5. The van der Waals surface area contributed by atoms with Crippen LogP contribution in [0.3, 0.4) is 0 Å². The van der Waals surface area contributed by atoms with Crippen LogP contribution in [0.2, 0.25) is 0 Å². The molecule has 0 aliphatic heterocycles. The van der Waals surface area contributed by atoms with E-state index < -0.39 is 0 Å². The number of fused-ring (bicyclic) bond motifs is 2. The second kappa shape index (κ2) is 11.1. The molecule has 5 heteroatoms. The van der Waals surface area contributed by atoms with Gasteiger partial charge in [0.25, 0.3) is 0 Å². The van der Waals surface area contributed by atoms with E-state index in [4.69, 9.17) is 9.97 Å². The molecule has 2 aromatic heterocycles. The fourth-order valence-electron chi connectivity index (χ4n) is 6.23. The van der Waals surface area contributed by atoms with Crippen molar-refractivity contribution in [1.29, 1.82) is 0 Å². The lowest BCUT2D eigenvalue weighted by molar-refractivity contribution is 0.795. The molecule has 0 aliphatic rings. The first-order chi connectivity index (χ1) is 22.5. The molecule has 0 radical (unpaired) electrons. The molecule has 0 bridgehead atoms. The van der Waals surface area contributed by atoms with Gasteiger partial charge in [0.2, 0.25) is 0 Å². The maximum Gasteiger partial charge on any atom is 0.328 e. The lowest BCUT2D eigenvalue weighted by atomic mass is 9.97. The molecule has 220 valence electrons. The molecule has 0 unspecified atom stereocenters. The van der Waals surface area contributed by atoms with Crippen molar-refractivity contribution < 1.29 is 0 Å². The third-order valence-electron chi connectivity index (χ3n) is 8.76. The van der Waals surface area contributed by atoms with Crippen LogP contribution >= 0.6 is 0 Å². The Bertz CT molecular complexity index is 2470. The van der Waals surface area contributed by atoms with Gasteiger partial charge in [-0.2, -0.15) is 0 Å². The Labute approximate surface area is 266 Å². The van der Waals surface area contributed by atoms with Crippen molar-refractivity contribution in [2.45, 2.75) is 0 Å². The summed E-state index contributed by atoms with van der Waals surface area (Å²) < 4.78 is 3.37. The number of aromatic nitrogens is 4. The first kappa shape index (κ1) is 27.5. The van der Waals surface area contributed by atoms with Crippen molar-refractivity contribution >= 4 is 21.8 Å². The topological polar surface area (TPSA) is 52.7 Å². The van der Waals surface area contributed by atoms with Crippen LogP contribution in [-0.2, 0) is 14.1 Å². The Morgan fingerprint density at radius 1 is 0.413 bits per heavy atom. The van der Waals surface area contributed by atoms with Gasteiger partial charge in [0.1, 0.15) is 0 Å². The van der Waals surface area contributed by atoms with Crippen molar-refractivity contribution in [2.75, 3.05) is 0 Å². The Balaban J connectivity index is 1.24. The summed E-state index contributed by atoms with van der Waals surface area (Å²) in [6.45, 7) is 0. The average Bonchev–Trinajstić information content (AvgIpc) is 3.34. The predicted molar refractivity (Wildman–Crippen MR) is 188 cm³/mol. The highest BCUT2D eigenvalue weighted by Crippen LogP contribution is 2.33. The van der Waals surface area contributed by atoms with Gasteiger partial charge in [-0.1, -0.05) is 109 Å². The summed E-state index contributed by atoms with van der Waals surface area (Å²) >= 11 is 0. The molecule has 8 rings (SSSR count). The van der Waals surface area contributed by atoms with E-state index in [-0.39, 0.29) is 5.69 Å². The largest absolute Gasteiger partial charge is 0.328 e. The van der Waals surface area contributed by atoms with Crippen molar-refractivity contribution in [3.05, 3.63) is 156 Å². The zero-order valence-corrected chi connectivity index (χ0v) is 25.6. The maximum atomic E-state index is 12.5. The molecule has 0 saturated carbocycles. The first-order valence-electron chi connectivity index (χ1n) is 15.3. The van der Waals surface area contributed by atoms with Gasteiger partial charge in [-0.05, 0) is 69.4 Å². The van der Waals surface area contributed by atoms with Crippen LogP contribution in [0.15, 0.2) is 150 Å². The van der Waals surface area contributed by atoms with Gasteiger partial charge in [-0.15, -0.1) is 0 Å². The van der Waals surface area contributed by atoms with Crippen LogP contribution in [0.25, 0.3) is 78.0 Å². The standard InChI is InChI=1S/C41H30N4O/c1-44-38-21-20-33(25-39(38)45(2)41(44)46)31-15-9-17-35(24-31)37-26-36(42-40(43-37)28-11-4-3-5-12-28)34-16-8-14-30(23-34)32-19-18-27-10-6-7-13-29(27)22-32/h3-26H,1-2H3. The summed E-state index contributed by atoms with van der Waals surface area (Å²) in [5.41, 5.74) is 10.8. The smallest absolute Gasteiger partial charge is 0.295 e. The zero-order chi connectivity index (χ0) is 31.2. The molecular weight excluding hydrogens is 564 g/mol. The molecule has 0 fully saturated rings. The minimum absolute atomic E-state index is 0.0347. The summed E-state index contributed by atoms with van der Waals surface area (Å²) in [4.78, 5) is 22.7. The van der Waals surface area contributed by atoms with Gasteiger partial charge in [0.15, 0.2) is 5.82 Å². The second-order valence-electron chi connectivity index (χ2n) is 11.7. The zero-order valence-electron chi connectivity index (χ0n) is 25.6. The number of benzene rings is 6. The Morgan fingerprint density at radius 2 is 0.935 bits per heavy atom. The van der Waals surface area contributed by atoms with E-state index in [0.717, 1.165) is 55.8 Å². The van der Waals surface area contributed by atoms with Crippen LogP contribution in [0.1, 0.15) is 0 Å². The first-order valence-corrected chi connectivity index (χ1v) is 15.3. The second-order valence-corrected chi connectivity index (χ2v) is 11.7. The summed E-state index contributed by atoms with van der Waals surface area (Å²) in [6.07, 6.45) is 0. The number of nitrogens with zero attached hydrogens (tertiary/aromatic N) is 4. The minimum atomic E-state index is -0.0347. The number of hydrogen-bond acceptors (Lipinski definition) is 3. The van der Waals surface area contributed by atoms with Crippen molar-refractivity contribution in [2.24, 2.45) is 14.1 Å². The lowest BCUT2D eigenvalue weighted by Gasteiger charge is -2.12. The summed E-state index contributed by atoms with van der Waals surface area (Å²) in [5.74, 6) is 0.676. The molecule has 2 heterocycles. The molecule has 8 aromatic rings. The van der Waals surface area contributed by atoms with Crippen LogP contribution in [0.4, 0.5) is 0 Å². The molecule has 0 N–H and O–H groups in total. The molecule has 46 heavy (non-hydrogen) atoms. The fourth-order valence-corrected chi connectivity index (χ4v) is 6.23. The number of hydrogen-bond donors (Lipinski definition) is 0. The molecule has 5 nitrogen and oxygen atoms in total. The monoisotopic (exact) mass is 594 g/mol. The summed E-state index contributed by atoms with van der Waals surface area (Å²) in [7, 11) is 3.62. The summed E-state index contributed by atoms with van der Waals surface area (Å²) in [5, 5.41) is 2.44. The van der Waals surface area contributed by atoms with Crippen LogP contribution in [0, 0.1) is 0 Å². The van der Waals surface area contributed by atoms with Crippen LogP contribution in [0.5, 0.6) is 0 Å². The minimum Gasteiger partial charge on any atom is -0.295 e. The maximum absolute atomic E-state index is 12.5. The van der Waals surface area contributed by atoms with E-state index in [2.05, 4.69) is 109 Å². The molecular formula is C41H30N4O. The molecule has 0 amide bonds. The highest BCUT2D eigenvalue weighted by molar-refractivity contribution is 5.88. The van der Waals surface area contributed by atoms with Gasteiger partial charge in [0.05, 0.1) is 22.4 Å². The van der Waals surface area contributed by atoms with Gasteiger partial charge in [0, 0.05) is 30.8 Å². The van der Waals surface area contributed by atoms with E-state index in [0.29, 0.717) is 5.82 Å². The Kier molecular flexibility index (Phi) is 6.65. The van der Waals surface area contributed by atoms with Crippen LogP contribution < -0.4 is 5.69 Å². The molecule has 0 saturated heterocycles.